The van der Waals surface area contributed by atoms with Gasteiger partial charge in [-0.2, -0.15) is 0 Å². The van der Waals surface area contributed by atoms with E-state index in [9.17, 15) is 14.4 Å². The summed E-state index contributed by atoms with van der Waals surface area (Å²) in [6.45, 7) is 26.3. The van der Waals surface area contributed by atoms with Crippen LogP contribution >= 0.6 is 0 Å². The van der Waals surface area contributed by atoms with E-state index < -0.39 is 39.7 Å². The summed E-state index contributed by atoms with van der Waals surface area (Å²) < 4.78 is 0. The summed E-state index contributed by atoms with van der Waals surface area (Å²) in [5, 5.41) is 10.7. The van der Waals surface area contributed by atoms with Gasteiger partial charge in [-0.1, -0.05) is 82.2 Å². The maximum absolute atomic E-state index is 15.0. The zero-order chi connectivity index (χ0) is 36.6. The topological polar surface area (TPSA) is 87.3 Å². The van der Waals surface area contributed by atoms with Crippen LogP contribution < -0.4 is 16.0 Å². The molecule has 0 saturated carbocycles. The number of hydrogen-bond acceptors (Lipinski definition) is 6. The highest BCUT2D eigenvalue weighted by molar-refractivity contribution is 6.92. The molecular weight excluding hydrogens is 576 g/mol. The van der Waals surface area contributed by atoms with Crippen molar-refractivity contribution in [1.82, 2.24) is 16.0 Å². The van der Waals surface area contributed by atoms with Crippen LogP contribution in [0.4, 0.5) is 0 Å². The minimum atomic E-state index is -1.06. The van der Waals surface area contributed by atoms with E-state index in [1.807, 2.05) is 48.5 Å². The van der Waals surface area contributed by atoms with Crippen molar-refractivity contribution < 1.29 is 14.4 Å². The van der Waals surface area contributed by atoms with Crippen molar-refractivity contribution in [2.45, 2.75) is 182 Å². The molecule has 4 atom stereocenters. The first kappa shape index (κ1) is 46.0. The second kappa shape index (κ2) is 21.2. The second-order valence-electron chi connectivity index (χ2n) is 13.3. The molecule has 0 fully saturated rings. The highest BCUT2D eigenvalue weighted by Gasteiger charge is 2.57. The van der Waals surface area contributed by atoms with Gasteiger partial charge >= 0.3 is 0 Å². The lowest BCUT2D eigenvalue weighted by Gasteiger charge is -2.55. The van der Waals surface area contributed by atoms with Gasteiger partial charge in [0.25, 0.3) is 0 Å². The maximum atomic E-state index is 15.0. The zero-order valence-electron chi connectivity index (χ0n) is 32.1. The summed E-state index contributed by atoms with van der Waals surface area (Å²) in [5.74, 6) is -2.96. The highest BCUT2D eigenvalue weighted by Crippen LogP contribution is 2.48. The summed E-state index contributed by atoms with van der Waals surface area (Å²) in [7, 11) is 22.1. The van der Waals surface area contributed by atoms with Crippen LogP contribution in [0.25, 0.3) is 0 Å². The second-order valence-corrected chi connectivity index (χ2v) is 13.3. The molecule has 47 heavy (non-hydrogen) atoms. The van der Waals surface area contributed by atoms with Gasteiger partial charge in [-0.25, -0.2) is 0 Å². The predicted octanol–water partition coefficient (Wildman–Crippen LogP) is 5.32. The van der Waals surface area contributed by atoms with Crippen molar-refractivity contribution >= 4 is 55.0 Å². The van der Waals surface area contributed by atoms with Crippen molar-refractivity contribution in [3.8, 4) is 0 Å². The van der Waals surface area contributed by atoms with E-state index >= 15 is 0 Å². The molecule has 0 amide bonds. The Balaban J connectivity index is 7.11. The van der Waals surface area contributed by atoms with E-state index in [1.165, 1.54) is 14.3 Å². The fourth-order valence-electron chi connectivity index (χ4n) is 8.74. The van der Waals surface area contributed by atoms with E-state index in [0.717, 1.165) is 12.8 Å². The molecule has 0 aromatic carbocycles. The van der Waals surface area contributed by atoms with E-state index in [0.29, 0.717) is 57.8 Å². The zero-order valence-corrected chi connectivity index (χ0v) is 32.1. The maximum Gasteiger partial charge on any atom is 0.148 e. The van der Waals surface area contributed by atoms with E-state index in [2.05, 4.69) is 50.2 Å². The summed E-state index contributed by atoms with van der Waals surface area (Å²) in [4.78, 5) is 43.1. The number of ketones is 3. The molecule has 0 saturated heterocycles. The minimum Gasteiger partial charge on any atom is -0.313 e. The SMILES string of the molecule is [B][B]C(NC(CC)(CC)C(CC)(CC)C(=O)C([B])NC(CC)(CC)C(CC)(CC)C(=O)C([B][B])NC(CC)CC)C(=O)C(C=C)CC. The highest BCUT2D eigenvalue weighted by atomic mass is 16.1. The quantitative estimate of drug-likeness (QED) is 0.0792. The number of carbonyl (C=O) groups excluding carboxylic acids is 3. The van der Waals surface area contributed by atoms with Crippen molar-refractivity contribution in [3.05, 3.63) is 12.7 Å². The molecule has 0 spiro atoms. The van der Waals surface area contributed by atoms with Gasteiger partial charge in [-0.3, -0.25) is 14.4 Å². The number of Topliss-reactive ketones (excluding diaryl/α,β-unsaturated/α-hetero) is 3. The molecule has 0 aliphatic carbocycles. The molecule has 4 unspecified atom stereocenters. The van der Waals surface area contributed by atoms with Gasteiger partial charge in [0, 0.05) is 67.2 Å². The Morgan fingerprint density at radius 1 is 0.638 bits per heavy atom. The van der Waals surface area contributed by atoms with Crippen LogP contribution in [0.1, 0.15) is 147 Å². The Kier molecular flexibility index (Phi) is 20.8. The third-order valence-electron chi connectivity index (χ3n) is 12.2. The molecular formula is C36H66B5N3O3. The largest absolute Gasteiger partial charge is 0.313 e. The van der Waals surface area contributed by atoms with Crippen molar-refractivity contribution in [2.24, 2.45) is 16.7 Å². The average Bonchev–Trinajstić information content (AvgIpc) is 3.11. The van der Waals surface area contributed by atoms with Crippen LogP contribution in [0.5, 0.6) is 0 Å². The van der Waals surface area contributed by atoms with Crippen LogP contribution in [0, 0.1) is 16.7 Å². The smallest absolute Gasteiger partial charge is 0.148 e. The van der Waals surface area contributed by atoms with Gasteiger partial charge < -0.3 is 16.0 Å². The van der Waals surface area contributed by atoms with Gasteiger partial charge in [-0.05, 0) is 70.6 Å². The van der Waals surface area contributed by atoms with Gasteiger partial charge in [0.2, 0.25) is 0 Å². The number of hydrogen-bond donors (Lipinski definition) is 3. The Hall–Kier alpha value is -1.05. The molecule has 0 aromatic rings. The van der Waals surface area contributed by atoms with Crippen LogP contribution in [-0.4, -0.2) is 90.0 Å². The first-order valence-electron chi connectivity index (χ1n) is 18.7. The third-order valence-corrected chi connectivity index (χ3v) is 12.2. The standard InChI is InChI=1S/C36H66B5N3O3/c1-13-25(14-2)27(45)31(40-38)44-36(23-11,24-12)33(17-5,18-6)28(46)30(37)43-35(21-9,22-10)34(19-7,20-8)29(47)32(41-39)42-26(15-3)16-4/h13,25-26,30-32,42-44H,1,14-24H2,2-12H3. The van der Waals surface area contributed by atoms with Crippen LogP contribution in [0.3, 0.4) is 0 Å². The molecule has 0 heterocycles. The van der Waals surface area contributed by atoms with Gasteiger partial charge in [0.1, 0.15) is 25.2 Å². The molecule has 0 aliphatic rings. The average molecular weight is 643 g/mol. The summed E-state index contributed by atoms with van der Waals surface area (Å²) in [6.07, 6.45) is 8.54. The molecule has 0 bridgehead atoms. The van der Waals surface area contributed by atoms with E-state index in [-0.39, 0.29) is 29.3 Å². The molecule has 0 aromatic heterocycles. The monoisotopic (exact) mass is 644 g/mol. The molecule has 8 radical (unpaired) electrons. The molecule has 258 valence electrons. The first-order chi connectivity index (χ1) is 22.2. The van der Waals surface area contributed by atoms with Crippen LogP contribution in [-0.2, 0) is 14.4 Å². The lowest BCUT2D eigenvalue weighted by atomic mass is 9.45. The normalized spacial score (nSPS) is 15.5. The fraction of sp³-hybridized carbons (Fsp3) is 0.861. The predicted molar refractivity (Wildman–Crippen MR) is 206 cm³/mol. The Labute approximate surface area is 295 Å². The van der Waals surface area contributed by atoms with Crippen LogP contribution in [0.2, 0.25) is 0 Å². The number of nitrogens with one attached hydrogen (secondary N) is 3. The Bertz CT molecular complexity index is 962. The molecule has 6 nitrogen and oxygen atoms in total. The summed E-state index contributed by atoms with van der Waals surface area (Å²) >= 11 is 0. The van der Waals surface area contributed by atoms with Crippen molar-refractivity contribution in [1.29, 1.82) is 0 Å². The summed E-state index contributed by atoms with van der Waals surface area (Å²) in [5.41, 5.74) is -3.32. The number of allylic oxidation sites excluding steroid dienone is 1. The molecule has 11 heteroatoms. The van der Waals surface area contributed by atoms with Gasteiger partial charge in [0.15, 0.2) is 0 Å². The molecule has 3 N–H and O–H groups in total. The number of rotatable bonds is 28. The summed E-state index contributed by atoms with van der Waals surface area (Å²) in [6, 6.07) is 0.156. The van der Waals surface area contributed by atoms with Crippen molar-refractivity contribution in [2.75, 3.05) is 0 Å². The van der Waals surface area contributed by atoms with Gasteiger partial charge in [-0.15, -0.1) is 6.58 Å². The Morgan fingerprint density at radius 3 is 1.36 bits per heavy atom. The van der Waals surface area contributed by atoms with Crippen LogP contribution in [0.15, 0.2) is 12.7 Å². The third kappa shape index (κ3) is 9.20. The first-order valence-corrected chi connectivity index (χ1v) is 18.7. The van der Waals surface area contributed by atoms with E-state index in [4.69, 9.17) is 23.3 Å². The fourth-order valence-corrected chi connectivity index (χ4v) is 8.74. The lowest BCUT2D eigenvalue weighted by molar-refractivity contribution is -0.141. The lowest BCUT2D eigenvalue weighted by Crippen LogP contribution is -2.71. The molecule has 0 rings (SSSR count). The molecule has 0 aliphatic heterocycles. The van der Waals surface area contributed by atoms with Crippen molar-refractivity contribution in [3.63, 3.8) is 0 Å². The van der Waals surface area contributed by atoms with Gasteiger partial charge in [0.05, 0.1) is 14.3 Å². The Morgan fingerprint density at radius 2 is 1.04 bits per heavy atom. The number of carbonyl (C=O) groups is 3. The minimum absolute atomic E-state index is 0.0238. The van der Waals surface area contributed by atoms with E-state index in [1.54, 1.807) is 6.08 Å².